The van der Waals surface area contributed by atoms with Crippen LogP contribution in [0.4, 0.5) is 0 Å². The molecule has 3 rings (SSSR count). The van der Waals surface area contributed by atoms with Gasteiger partial charge in [-0.25, -0.2) is 0 Å². The number of carbonyl (C=O) groups excluding carboxylic acids is 1. The molecule has 1 aromatic heterocycles. The maximum Gasteiger partial charge on any atom is 0.254 e. The van der Waals surface area contributed by atoms with Crippen molar-refractivity contribution in [1.29, 1.82) is 0 Å². The van der Waals surface area contributed by atoms with E-state index in [-0.39, 0.29) is 5.91 Å². The molecule has 0 aliphatic carbocycles. The highest BCUT2D eigenvalue weighted by molar-refractivity contribution is 6.06. The van der Waals surface area contributed by atoms with Crippen molar-refractivity contribution in [3.8, 4) is 0 Å². The number of pyridine rings is 1. The van der Waals surface area contributed by atoms with Crippen LogP contribution in [0.1, 0.15) is 28.9 Å². The number of hydrogen-bond donors (Lipinski definition) is 1. The number of nitrogens with zero attached hydrogens (tertiary/aromatic N) is 2. The predicted molar refractivity (Wildman–Crippen MR) is 77.6 cm³/mol. The van der Waals surface area contributed by atoms with Crippen molar-refractivity contribution in [2.45, 2.75) is 25.9 Å². The van der Waals surface area contributed by atoms with Gasteiger partial charge in [-0.2, -0.15) is 0 Å². The zero-order valence-electron chi connectivity index (χ0n) is 11.5. The minimum atomic E-state index is -0.401. The van der Waals surface area contributed by atoms with Gasteiger partial charge in [0.1, 0.15) is 0 Å². The van der Waals surface area contributed by atoms with Gasteiger partial charge in [-0.3, -0.25) is 9.78 Å². The number of β-amino-alcohol motifs (C(OH)–C–C–N with tert-alkyl or cyclic N) is 1. The first-order chi connectivity index (χ1) is 9.65. The minimum Gasteiger partial charge on any atom is -0.391 e. The third-order valence-corrected chi connectivity index (χ3v) is 3.76. The highest BCUT2D eigenvalue weighted by Gasteiger charge is 2.24. The summed E-state index contributed by atoms with van der Waals surface area (Å²) in [5.74, 6) is -0.00884. The van der Waals surface area contributed by atoms with E-state index in [1.165, 1.54) is 0 Å². The minimum absolute atomic E-state index is 0.00884. The molecule has 4 heteroatoms. The molecule has 0 spiro atoms. The van der Waals surface area contributed by atoms with Gasteiger partial charge in [0.2, 0.25) is 0 Å². The third kappa shape index (κ3) is 2.39. The van der Waals surface area contributed by atoms with Crippen LogP contribution in [0.5, 0.6) is 0 Å². The summed E-state index contributed by atoms with van der Waals surface area (Å²) in [6.45, 7) is 3.04. The molecule has 2 heterocycles. The van der Waals surface area contributed by atoms with Crippen molar-refractivity contribution in [3.63, 3.8) is 0 Å². The lowest BCUT2D eigenvalue weighted by Crippen LogP contribution is -2.42. The summed E-state index contributed by atoms with van der Waals surface area (Å²) in [5, 5.41) is 10.6. The highest BCUT2D eigenvalue weighted by atomic mass is 16.3. The van der Waals surface area contributed by atoms with E-state index in [1.54, 1.807) is 4.90 Å². The summed E-state index contributed by atoms with van der Waals surface area (Å²) in [5.41, 5.74) is 2.36. The molecule has 4 nitrogen and oxygen atoms in total. The van der Waals surface area contributed by atoms with E-state index in [0.29, 0.717) is 18.7 Å². The molecule has 1 N–H and O–H groups in total. The molecule has 104 valence electrons. The largest absolute Gasteiger partial charge is 0.391 e. The molecule has 20 heavy (non-hydrogen) atoms. The van der Waals surface area contributed by atoms with Gasteiger partial charge in [-0.15, -0.1) is 0 Å². The van der Waals surface area contributed by atoms with Gasteiger partial charge in [0.15, 0.2) is 0 Å². The van der Waals surface area contributed by atoms with Crippen LogP contribution in [-0.4, -0.2) is 40.1 Å². The Labute approximate surface area is 118 Å². The molecule has 0 bridgehead atoms. The molecule has 0 radical (unpaired) electrons. The van der Waals surface area contributed by atoms with E-state index < -0.39 is 6.10 Å². The van der Waals surface area contributed by atoms with Crippen molar-refractivity contribution < 1.29 is 9.90 Å². The lowest BCUT2D eigenvalue weighted by Gasteiger charge is -2.30. The van der Waals surface area contributed by atoms with E-state index in [9.17, 15) is 9.90 Å². The maximum absolute atomic E-state index is 12.7. The summed E-state index contributed by atoms with van der Waals surface area (Å²) in [4.78, 5) is 18.9. The summed E-state index contributed by atoms with van der Waals surface area (Å²) >= 11 is 0. The number of likely N-dealkylation sites (tertiary alicyclic amines) is 1. The number of aliphatic hydroxyl groups is 1. The number of aryl methyl sites for hydroxylation is 1. The van der Waals surface area contributed by atoms with Crippen LogP contribution in [0.15, 0.2) is 30.3 Å². The molecule has 1 aromatic carbocycles. The fourth-order valence-electron chi connectivity index (χ4n) is 2.79. The fraction of sp³-hybridized carbons (Fsp3) is 0.375. The molecule has 1 fully saturated rings. The predicted octanol–water partition coefficient (Wildman–Crippen LogP) is 2.14. The topological polar surface area (TPSA) is 53.4 Å². The number of benzene rings is 1. The number of hydrogen-bond acceptors (Lipinski definition) is 3. The zero-order valence-corrected chi connectivity index (χ0v) is 11.5. The van der Waals surface area contributed by atoms with Crippen LogP contribution in [0.2, 0.25) is 0 Å². The van der Waals surface area contributed by atoms with Gasteiger partial charge in [0, 0.05) is 24.2 Å². The van der Waals surface area contributed by atoms with Crippen molar-refractivity contribution in [3.05, 3.63) is 41.6 Å². The van der Waals surface area contributed by atoms with Crippen LogP contribution >= 0.6 is 0 Å². The van der Waals surface area contributed by atoms with Crippen LogP contribution < -0.4 is 0 Å². The second-order valence-electron chi connectivity index (χ2n) is 5.38. The van der Waals surface area contributed by atoms with Crippen LogP contribution in [-0.2, 0) is 0 Å². The molecular weight excluding hydrogens is 252 g/mol. The van der Waals surface area contributed by atoms with Gasteiger partial charge < -0.3 is 10.0 Å². The lowest BCUT2D eigenvalue weighted by molar-refractivity contribution is 0.0475. The Kier molecular flexibility index (Phi) is 3.40. The molecule has 2 aromatic rings. The first kappa shape index (κ1) is 13.1. The standard InChI is InChI=1S/C16H18N2O2/c1-11-9-14(13-6-2-3-7-15(13)17-11)16(20)18-8-4-5-12(19)10-18/h2-3,6-7,9,12,19H,4-5,8,10H2,1H3. The normalized spacial score (nSPS) is 19.3. The molecule has 0 saturated carbocycles. The number of piperidine rings is 1. The van der Waals surface area contributed by atoms with E-state index in [1.807, 2.05) is 37.3 Å². The Morgan fingerprint density at radius 3 is 3.00 bits per heavy atom. The van der Waals surface area contributed by atoms with E-state index in [4.69, 9.17) is 0 Å². The van der Waals surface area contributed by atoms with Crippen LogP contribution in [0.25, 0.3) is 10.9 Å². The summed E-state index contributed by atoms with van der Waals surface area (Å²) in [6.07, 6.45) is 1.23. The smallest absolute Gasteiger partial charge is 0.254 e. The number of fused-ring (bicyclic) bond motifs is 1. The Bertz CT molecular complexity index is 654. The van der Waals surface area contributed by atoms with Gasteiger partial charge >= 0.3 is 0 Å². The molecular formula is C16H18N2O2. The zero-order chi connectivity index (χ0) is 14.1. The summed E-state index contributed by atoms with van der Waals surface area (Å²) in [7, 11) is 0. The number of rotatable bonds is 1. The van der Waals surface area contributed by atoms with Crippen molar-refractivity contribution in [1.82, 2.24) is 9.88 Å². The van der Waals surface area contributed by atoms with Crippen molar-refractivity contribution >= 4 is 16.8 Å². The first-order valence-corrected chi connectivity index (χ1v) is 6.99. The lowest BCUT2D eigenvalue weighted by atomic mass is 10.0. The van der Waals surface area contributed by atoms with Gasteiger partial charge in [-0.1, -0.05) is 18.2 Å². The summed E-state index contributed by atoms with van der Waals surface area (Å²) < 4.78 is 0. The van der Waals surface area contributed by atoms with E-state index in [2.05, 4.69) is 4.98 Å². The Morgan fingerprint density at radius 2 is 2.20 bits per heavy atom. The fourth-order valence-corrected chi connectivity index (χ4v) is 2.79. The Balaban J connectivity index is 2.02. The number of aliphatic hydroxyl groups excluding tert-OH is 1. The van der Waals surface area contributed by atoms with Gasteiger partial charge in [-0.05, 0) is 31.9 Å². The van der Waals surface area contributed by atoms with Gasteiger partial charge in [0.25, 0.3) is 5.91 Å². The highest BCUT2D eigenvalue weighted by Crippen LogP contribution is 2.21. The summed E-state index contributed by atoms with van der Waals surface area (Å²) in [6, 6.07) is 9.53. The van der Waals surface area contributed by atoms with Crippen LogP contribution in [0.3, 0.4) is 0 Å². The van der Waals surface area contributed by atoms with Crippen molar-refractivity contribution in [2.24, 2.45) is 0 Å². The number of para-hydroxylation sites is 1. The van der Waals surface area contributed by atoms with Gasteiger partial charge in [0.05, 0.1) is 17.2 Å². The molecule has 1 amide bonds. The number of carbonyl (C=O) groups is 1. The average molecular weight is 270 g/mol. The first-order valence-electron chi connectivity index (χ1n) is 6.99. The molecule has 1 atom stereocenters. The second-order valence-corrected chi connectivity index (χ2v) is 5.38. The van der Waals surface area contributed by atoms with Crippen molar-refractivity contribution in [2.75, 3.05) is 13.1 Å². The van der Waals surface area contributed by atoms with E-state index >= 15 is 0 Å². The van der Waals surface area contributed by atoms with Crippen LogP contribution in [0, 0.1) is 6.92 Å². The average Bonchev–Trinajstić information content (AvgIpc) is 2.45. The number of amides is 1. The quantitative estimate of drug-likeness (QED) is 0.863. The molecule has 1 aliphatic heterocycles. The SMILES string of the molecule is Cc1cc(C(=O)N2CCCC(O)C2)c2ccccc2n1. The Hall–Kier alpha value is -1.94. The third-order valence-electron chi connectivity index (χ3n) is 3.76. The maximum atomic E-state index is 12.7. The molecule has 1 saturated heterocycles. The Morgan fingerprint density at radius 1 is 1.40 bits per heavy atom. The van der Waals surface area contributed by atoms with E-state index in [0.717, 1.165) is 29.4 Å². The number of aromatic nitrogens is 1. The monoisotopic (exact) mass is 270 g/mol. The molecule has 1 aliphatic rings. The molecule has 1 unspecified atom stereocenters. The second kappa shape index (κ2) is 5.21.